The highest BCUT2D eigenvalue weighted by molar-refractivity contribution is 5.91. The van der Waals surface area contributed by atoms with Crippen LogP contribution in [-0.4, -0.2) is 48.8 Å². The first-order chi connectivity index (χ1) is 11.1. The van der Waals surface area contributed by atoms with Gasteiger partial charge in [0.2, 0.25) is 5.76 Å². The zero-order valence-electron chi connectivity index (χ0n) is 13.4. The van der Waals surface area contributed by atoms with Crippen molar-refractivity contribution in [1.29, 1.82) is 0 Å². The number of rotatable bonds is 5. The normalized spacial score (nSPS) is 17.1. The molecule has 0 bridgehead atoms. The van der Waals surface area contributed by atoms with Crippen molar-refractivity contribution in [2.24, 2.45) is 0 Å². The van der Waals surface area contributed by atoms with Gasteiger partial charge in [-0.25, -0.2) is 0 Å². The molecule has 1 unspecified atom stereocenters. The third kappa shape index (κ3) is 3.80. The number of nitrogens with one attached hydrogen (secondary N) is 1. The monoisotopic (exact) mass is 319 g/mol. The molecule has 7 heteroatoms. The van der Waals surface area contributed by atoms with Gasteiger partial charge in [-0.3, -0.25) is 9.69 Å². The van der Waals surface area contributed by atoms with Crippen LogP contribution in [0.2, 0.25) is 0 Å². The number of carbonyl (C=O) groups is 1. The highest BCUT2D eigenvalue weighted by Crippen LogP contribution is 2.23. The number of carbonyl (C=O) groups excluding carboxylic acids is 1. The first kappa shape index (κ1) is 15.8. The minimum atomic E-state index is -0.271. The van der Waals surface area contributed by atoms with Crippen molar-refractivity contribution < 1.29 is 18.5 Å². The van der Waals surface area contributed by atoms with Crippen molar-refractivity contribution in [3.8, 4) is 0 Å². The van der Waals surface area contributed by atoms with Crippen molar-refractivity contribution >= 4 is 5.91 Å². The second kappa shape index (κ2) is 6.97. The fourth-order valence-electron chi connectivity index (χ4n) is 2.68. The number of aromatic nitrogens is 1. The van der Waals surface area contributed by atoms with Gasteiger partial charge in [0.1, 0.15) is 11.5 Å². The standard InChI is InChI=1S/C16H21N3O4/c1-11-9-15(23-18-11)16(20)17-10-13(14-4-3-12(2)22-14)19-5-7-21-8-6-19/h3-4,9,13H,5-8,10H2,1-2H3,(H,17,20). The minimum Gasteiger partial charge on any atom is -0.465 e. The lowest BCUT2D eigenvalue weighted by molar-refractivity contribution is 0.0116. The SMILES string of the molecule is Cc1cc(C(=O)NCC(c2ccc(C)o2)N2CCOCC2)on1. The van der Waals surface area contributed by atoms with Crippen LogP contribution in [0.4, 0.5) is 0 Å². The molecule has 0 radical (unpaired) electrons. The summed E-state index contributed by atoms with van der Waals surface area (Å²) in [5, 5.41) is 6.64. The van der Waals surface area contributed by atoms with E-state index in [1.807, 2.05) is 19.1 Å². The third-order valence-corrected chi connectivity index (χ3v) is 3.88. The summed E-state index contributed by atoms with van der Waals surface area (Å²) in [6.45, 7) is 7.12. The molecule has 7 nitrogen and oxygen atoms in total. The molecule has 1 aliphatic heterocycles. The van der Waals surface area contributed by atoms with E-state index < -0.39 is 0 Å². The largest absolute Gasteiger partial charge is 0.465 e. The lowest BCUT2D eigenvalue weighted by Crippen LogP contribution is -2.43. The number of hydrogen-bond acceptors (Lipinski definition) is 6. The fourth-order valence-corrected chi connectivity index (χ4v) is 2.68. The van der Waals surface area contributed by atoms with Gasteiger partial charge in [0.05, 0.1) is 24.9 Å². The van der Waals surface area contributed by atoms with E-state index in [0.29, 0.717) is 25.5 Å². The Kier molecular flexibility index (Phi) is 4.78. The Labute approximate surface area is 134 Å². The van der Waals surface area contributed by atoms with Gasteiger partial charge in [0.25, 0.3) is 5.91 Å². The Bertz CT molecular complexity index is 658. The van der Waals surface area contributed by atoms with E-state index >= 15 is 0 Å². The van der Waals surface area contributed by atoms with Crippen molar-refractivity contribution in [2.45, 2.75) is 19.9 Å². The number of amides is 1. The molecule has 0 saturated carbocycles. The van der Waals surface area contributed by atoms with Gasteiger partial charge in [-0.2, -0.15) is 0 Å². The van der Waals surface area contributed by atoms with Gasteiger partial charge in [-0.1, -0.05) is 5.16 Å². The predicted molar refractivity (Wildman–Crippen MR) is 82.2 cm³/mol. The molecule has 1 aliphatic rings. The number of aryl methyl sites for hydroxylation is 2. The summed E-state index contributed by atoms with van der Waals surface area (Å²) in [4.78, 5) is 14.4. The van der Waals surface area contributed by atoms with E-state index in [1.54, 1.807) is 13.0 Å². The molecule has 0 aromatic carbocycles. The third-order valence-electron chi connectivity index (χ3n) is 3.88. The van der Waals surface area contributed by atoms with Crippen molar-refractivity contribution in [1.82, 2.24) is 15.4 Å². The van der Waals surface area contributed by atoms with Gasteiger partial charge in [0.15, 0.2) is 0 Å². The van der Waals surface area contributed by atoms with Crippen LogP contribution >= 0.6 is 0 Å². The molecule has 2 aromatic rings. The average molecular weight is 319 g/mol. The summed E-state index contributed by atoms with van der Waals surface area (Å²) >= 11 is 0. The molecule has 3 heterocycles. The Morgan fingerprint density at radius 1 is 1.35 bits per heavy atom. The summed E-state index contributed by atoms with van der Waals surface area (Å²) in [5.41, 5.74) is 0.682. The van der Waals surface area contributed by atoms with Crippen LogP contribution in [0.15, 0.2) is 27.1 Å². The molecular weight excluding hydrogens is 298 g/mol. The Morgan fingerprint density at radius 3 is 2.74 bits per heavy atom. The molecular formula is C16H21N3O4. The summed E-state index contributed by atoms with van der Waals surface area (Å²) < 4.78 is 16.2. The van der Waals surface area contributed by atoms with Gasteiger partial charge < -0.3 is 19.0 Å². The molecule has 3 rings (SSSR count). The maximum atomic E-state index is 12.2. The molecule has 1 N–H and O–H groups in total. The summed E-state index contributed by atoms with van der Waals surface area (Å²) in [6.07, 6.45) is 0. The second-order valence-corrected chi connectivity index (χ2v) is 5.66. The van der Waals surface area contributed by atoms with E-state index in [9.17, 15) is 4.79 Å². The lowest BCUT2D eigenvalue weighted by atomic mass is 10.1. The van der Waals surface area contributed by atoms with E-state index in [4.69, 9.17) is 13.7 Å². The highest BCUT2D eigenvalue weighted by Gasteiger charge is 2.26. The number of nitrogens with zero attached hydrogens (tertiary/aromatic N) is 2. The summed E-state index contributed by atoms with van der Waals surface area (Å²) in [7, 11) is 0. The zero-order chi connectivity index (χ0) is 16.2. The first-order valence-corrected chi connectivity index (χ1v) is 7.73. The quantitative estimate of drug-likeness (QED) is 0.903. The van der Waals surface area contributed by atoms with Crippen molar-refractivity contribution in [3.05, 3.63) is 41.2 Å². The van der Waals surface area contributed by atoms with Crippen LogP contribution in [0.25, 0.3) is 0 Å². The maximum Gasteiger partial charge on any atom is 0.289 e. The van der Waals surface area contributed by atoms with Crippen LogP contribution < -0.4 is 5.32 Å². The number of hydrogen-bond donors (Lipinski definition) is 1. The van der Waals surface area contributed by atoms with E-state index in [-0.39, 0.29) is 17.7 Å². The molecule has 1 amide bonds. The topological polar surface area (TPSA) is 80.7 Å². The Hall–Kier alpha value is -2.12. The number of ether oxygens (including phenoxy) is 1. The van der Waals surface area contributed by atoms with Gasteiger partial charge in [-0.15, -0.1) is 0 Å². The zero-order valence-corrected chi connectivity index (χ0v) is 13.4. The molecule has 1 atom stereocenters. The van der Waals surface area contributed by atoms with E-state index in [0.717, 1.165) is 24.6 Å². The summed E-state index contributed by atoms with van der Waals surface area (Å²) in [5.74, 6) is 1.65. The Balaban J connectivity index is 1.69. The number of morpholine rings is 1. The van der Waals surface area contributed by atoms with Crippen LogP contribution in [0.1, 0.15) is 33.8 Å². The average Bonchev–Trinajstić information content (AvgIpc) is 3.17. The van der Waals surface area contributed by atoms with E-state index in [2.05, 4.69) is 15.4 Å². The van der Waals surface area contributed by atoms with Crippen molar-refractivity contribution in [3.63, 3.8) is 0 Å². The molecule has 2 aromatic heterocycles. The van der Waals surface area contributed by atoms with Gasteiger partial charge in [0, 0.05) is 25.7 Å². The molecule has 23 heavy (non-hydrogen) atoms. The Morgan fingerprint density at radius 2 is 2.13 bits per heavy atom. The van der Waals surface area contributed by atoms with Gasteiger partial charge >= 0.3 is 0 Å². The fraction of sp³-hybridized carbons (Fsp3) is 0.500. The molecule has 0 aliphatic carbocycles. The van der Waals surface area contributed by atoms with Gasteiger partial charge in [-0.05, 0) is 26.0 Å². The lowest BCUT2D eigenvalue weighted by Gasteiger charge is -2.33. The summed E-state index contributed by atoms with van der Waals surface area (Å²) in [6, 6.07) is 5.49. The first-order valence-electron chi connectivity index (χ1n) is 7.73. The molecule has 1 fully saturated rings. The number of furan rings is 1. The second-order valence-electron chi connectivity index (χ2n) is 5.66. The van der Waals surface area contributed by atoms with Crippen molar-refractivity contribution in [2.75, 3.05) is 32.8 Å². The predicted octanol–water partition coefficient (Wildman–Crippen LogP) is 1.69. The minimum absolute atomic E-state index is 0.0273. The maximum absolute atomic E-state index is 12.2. The molecule has 0 spiro atoms. The molecule has 1 saturated heterocycles. The van der Waals surface area contributed by atoms with Crippen LogP contribution in [0.3, 0.4) is 0 Å². The smallest absolute Gasteiger partial charge is 0.289 e. The van der Waals surface area contributed by atoms with Crippen LogP contribution in [0, 0.1) is 13.8 Å². The van der Waals surface area contributed by atoms with E-state index in [1.165, 1.54) is 0 Å². The highest BCUT2D eigenvalue weighted by atomic mass is 16.5. The van der Waals surface area contributed by atoms with Crippen LogP contribution in [-0.2, 0) is 4.74 Å². The van der Waals surface area contributed by atoms with Crippen LogP contribution in [0.5, 0.6) is 0 Å². The molecule has 124 valence electrons.